The van der Waals surface area contributed by atoms with Crippen LogP contribution in [0.5, 0.6) is 0 Å². The average molecular weight is 340 g/mol. The third-order valence-corrected chi connectivity index (χ3v) is 3.73. The highest BCUT2D eigenvalue weighted by molar-refractivity contribution is 5.79. The SMILES string of the molecule is CC(C)(C)OC(=O)CC(Cc1ccc(-c2ccccc2)cc1)C(=O)O. The summed E-state index contributed by atoms with van der Waals surface area (Å²) in [6, 6.07) is 17.7. The van der Waals surface area contributed by atoms with Crippen molar-refractivity contribution in [1.82, 2.24) is 0 Å². The maximum absolute atomic E-state index is 11.9. The Labute approximate surface area is 148 Å². The van der Waals surface area contributed by atoms with Gasteiger partial charge in [-0.25, -0.2) is 0 Å². The standard InChI is InChI=1S/C21H24O4/c1-21(2,3)25-19(22)14-18(20(23)24)13-15-9-11-17(12-10-15)16-7-5-4-6-8-16/h4-12,18H,13-14H2,1-3H3,(H,23,24). The van der Waals surface area contributed by atoms with Crippen LogP contribution in [0.25, 0.3) is 11.1 Å². The van der Waals surface area contributed by atoms with Crippen molar-refractivity contribution >= 4 is 11.9 Å². The Morgan fingerprint density at radius 1 is 0.960 bits per heavy atom. The lowest BCUT2D eigenvalue weighted by Crippen LogP contribution is -2.28. The van der Waals surface area contributed by atoms with Gasteiger partial charge in [-0.2, -0.15) is 0 Å². The van der Waals surface area contributed by atoms with E-state index in [0.29, 0.717) is 6.42 Å². The summed E-state index contributed by atoms with van der Waals surface area (Å²) in [5.41, 5.74) is 2.45. The average Bonchev–Trinajstić information content (AvgIpc) is 2.54. The van der Waals surface area contributed by atoms with Crippen LogP contribution < -0.4 is 0 Å². The van der Waals surface area contributed by atoms with E-state index >= 15 is 0 Å². The number of hydrogen-bond acceptors (Lipinski definition) is 3. The lowest BCUT2D eigenvalue weighted by Gasteiger charge is -2.21. The van der Waals surface area contributed by atoms with Crippen molar-refractivity contribution in [1.29, 1.82) is 0 Å². The highest BCUT2D eigenvalue weighted by Crippen LogP contribution is 2.22. The third-order valence-electron chi connectivity index (χ3n) is 3.73. The van der Waals surface area contributed by atoms with Gasteiger partial charge in [0.15, 0.2) is 0 Å². The Bertz CT molecular complexity index is 712. The molecule has 1 N–H and O–H groups in total. The number of carboxylic acid groups (broad SMARTS) is 1. The molecule has 0 saturated carbocycles. The largest absolute Gasteiger partial charge is 0.481 e. The number of hydrogen-bond donors (Lipinski definition) is 1. The number of carbonyl (C=O) groups excluding carboxylic acids is 1. The van der Waals surface area contributed by atoms with E-state index < -0.39 is 23.5 Å². The van der Waals surface area contributed by atoms with Gasteiger partial charge in [-0.3, -0.25) is 9.59 Å². The molecule has 0 aliphatic carbocycles. The van der Waals surface area contributed by atoms with Crippen LogP contribution in [-0.4, -0.2) is 22.6 Å². The van der Waals surface area contributed by atoms with Crippen molar-refractivity contribution in [3.05, 3.63) is 60.2 Å². The van der Waals surface area contributed by atoms with E-state index in [1.807, 2.05) is 54.6 Å². The first-order chi connectivity index (χ1) is 11.7. The highest BCUT2D eigenvalue weighted by Gasteiger charge is 2.25. The molecule has 2 rings (SSSR count). The minimum absolute atomic E-state index is 0.132. The van der Waals surface area contributed by atoms with Crippen molar-refractivity contribution in [2.24, 2.45) is 5.92 Å². The molecule has 4 nitrogen and oxygen atoms in total. The van der Waals surface area contributed by atoms with Crippen LogP contribution in [0.2, 0.25) is 0 Å². The molecule has 1 unspecified atom stereocenters. The molecule has 2 aromatic rings. The van der Waals surface area contributed by atoms with Crippen LogP contribution in [0.1, 0.15) is 32.8 Å². The van der Waals surface area contributed by atoms with Crippen molar-refractivity contribution in [3.63, 3.8) is 0 Å². The van der Waals surface area contributed by atoms with Crippen LogP contribution in [0.15, 0.2) is 54.6 Å². The molecule has 132 valence electrons. The number of carboxylic acids is 1. The molecule has 0 aliphatic heterocycles. The van der Waals surface area contributed by atoms with Gasteiger partial charge in [0.2, 0.25) is 0 Å². The molecule has 1 atom stereocenters. The van der Waals surface area contributed by atoms with Gasteiger partial charge in [0.1, 0.15) is 5.60 Å². The topological polar surface area (TPSA) is 63.6 Å². The lowest BCUT2D eigenvalue weighted by atomic mass is 9.94. The summed E-state index contributed by atoms with van der Waals surface area (Å²) in [4.78, 5) is 23.4. The fourth-order valence-electron chi connectivity index (χ4n) is 2.58. The zero-order valence-electron chi connectivity index (χ0n) is 14.9. The van der Waals surface area contributed by atoms with E-state index in [1.54, 1.807) is 20.8 Å². The van der Waals surface area contributed by atoms with Gasteiger partial charge in [-0.15, -0.1) is 0 Å². The van der Waals surface area contributed by atoms with Crippen LogP contribution in [0, 0.1) is 5.92 Å². The van der Waals surface area contributed by atoms with Crippen molar-refractivity contribution in [2.75, 3.05) is 0 Å². The van der Waals surface area contributed by atoms with E-state index in [1.165, 1.54) is 0 Å². The Kier molecular flexibility index (Phi) is 5.97. The van der Waals surface area contributed by atoms with E-state index in [2.05, 4.69) is 0 Å². The molecule has 0 saturated heterocycles. The summed E-state index contributed by atoms with van der Waals surface area (Å²) >= 11 is 0. The maximum atomic E-state index is 11.9. The van der Waals surface area contributed by atoms with E-state index in [0.717, 1.165) is 16.7 Å². The van der Waals surface area contributed by atoms with E-state index in [-0.39, 0.29) is 6.42 Å². The molecule has 0 bridgehead atoms. The molecule has 0 amide bonds. The second-order valence-electron chi connectivity index (χ2n) is 7.09. The molecule has 4 heteroatoms. The van der Waals surface area contributed by atoms with Crippen LogP contribution >= 0.6 is 0 Å². The van der Waals surface area contributed by atoms with E-state index in [4.69, 9.17) is 4.74 Å². The summed E-state index contributed by atoms with van der Waals surface area (Å²) in [6.45, 7) is 5.30. The fraction of sp³-hybridized carbons (Fsp3) is 0.333. The van der Waals surface area contributed by atoms with Gasteiger partial charge < -0.3 is 9.84 Å². The zero-order valence-corrected chi connectivity index (χ0v) is 14.9. The zero-order chi connectivity index (χ0) is 18.4. The first kappa shape index (κ1) is 18.7. The molecule has 0 aliphatic rings. The van der Waals surface area contributed by atoms with Gasteiger partial charge in [-0.1, -0.05) is 54.6 Å². The quantitative estimate of drug-likeness (QED) is 0.795. The van der Waals surface area contributed by atoms with Gasteiger partial charge in [-0.05, 0) is 43.9 Å². The molecule has 25 heavy (non-hydrogen) atoms. The Morgan fingerprint density at radius 3 is 2.04 bits per heavy atom. The Morgan fingerprint density at radius 2 is 1.52 bits per heavy atom. The summed E-state index contributed by atoms with van der Waals surface area (Å²) in [5, 5.41) is 9.41. The number of benzene rings is 2. The summed E-state index contributed by atoms with van der Waals surface area (Å²) in [5.74, 6) is -2.27. The number of rotatable bonds is 6. The highest BCUT2D eigenvalue weighted by atomic mass is 16.6. The lowest BCUT2D eigenvalue weighted by molar-refractivity contribution is -0.159. The molecular formula is C21H24O4. The second kappa shape index (κ2) is 7.97. The molecule has 0 radical (unpaired) electrons. The van der Waals surface area contributed by atoms with E-state index in [9.17, 15) is 14.7 Å². The predicted molar refractivity (Wildman–Crippen MR) is 97.2 cm³/mol. The third kappa shape index (κ3) is 6.07. The number of carbonyl (C=O) groups is 2. The summed E-state index contributed by atoms with van der Waals surface area (Å²) in [7, 11) is 0. The van der Waals surface area contributed by atoms with Gasteiger partial charge in [0, 0.05) is 0 Å². The Balaban J connectivity index is 2.04. The number of ether oxygens (including phenoxy) is 1. The minimum atomic E-state index is -0.988. The number of esters is 1. The summed E-state index contributed by atoms with van der Waals surface area (Å²) < 4.78 is 5.23. The van der Waals surface area contributed by atoms with Crippen LogP contribution in [0.4, 0.5) is 0 Å². The molecule has 0 spiro atoms. The van der Waals surface area contributed by atoms with Crippen LogP contribution in [0.3, 0.4) is 0 Å². The molecule has 0 fully saturated rings. The smallest absolute Gasteiger partial charge is 0.307 e. The minimum Gasteiger partial charge on any atom is -0.481 e. The van der Waals surface area contributed by atoms with Crippen molar-refractivity contribution in [3.8, 4) is 11.1 Å². The molecular weight excluding hydrogens is 316 g/mol. The van der Waals surface area contributed by atoms with Crippen LogP contribution in [-0.2, 0) is 20.7 Å². The molecule has 0 heterocycles. The summed E-state index contributed by atoms with van der Waals surface area (Å²) in [6.07, 6.45) is 0.163. The van der Waals surface area contributed by atoms with Gasteiger partial charge in [0.25, 0.3) is 0 Å². The normalized spacial score (nSPS) is 12.4. The van der Waals surface area contributed by atoms with Gasteiger partial charge >= 0.3 is 11.9 Å². The maximum Gasteiger partial charge on any atom is 0.307 e. The first-order valence-electron chi connectivity index (χ1n) is 8.33. The monoisotopic (exact) mass is 340 g/mol. The molecule has 2 aromatic carbocycles. The van der Waals surface area contributed by atoms with Crippen molar-refractivity contribution in [2.45, 2.75) is 39.2 Å². The second-order valence-corrected chi connectivity index (χ2v) is 7.09. The molecule has 0 aromatic heterocycles. The van der Waals surface area contributed by atoms with Gasteiger partial charge in [0.05, 0.1) is 12.3 Å². The predicted octanol–water partition coefficient (Wildman–Crippen LogP) is 4.33. The first-order valence-corrected chi connectivity index (χ1v) is 8.33. The Hall–Kier alpha value is -2.62. The fourth-order valence-corrected chi connectivity index (χ4v) is 2.58. The van der Waals surface area contributed by atoms with Crippen molar-refractivity contribution < 1.29 is 19.4 Å². The number of aliphatic carboxylic acids is 1.